The van der Waals surface area contributed by atoms with Crippen molar-refractivity contribution >= 4 is 39.2 Å². The number of thiophene rings is 1. The molecule has 0 fully saturated rings. The molecule has 0 amide bonds. The first-order chi connectivity index (χ1) is 15.1. The van der Waals surface area contributed by atoms with Gasteiger partial charge >= 0.3 is 0 Å². The maximum atomic E-state index is 10.9. The molecule has 6 nitrogen and oxygen atoms in total. The summed E-state index contributed by atoms with van der Waals surface area (Å²) in [6.07, 6.45) is 0.815. The van der Waals surface area contributed by atoms with Gasteiger partial charge in [-0.15, -0.1) is 22.7 Å². The van der Waals surface area contributed by atoms with E-state index in [1.54, 1.807) is 23.5 Å². The largest absolute Gasteiger partial charge is 0.269 e. The molecule has 0 radical (unpaired) electrons. The third kappa shape index (κ3) is 3.87. The number of aryl methyl sites for hydroxylation is 1. The second kappa shape index (κ2) is 8.05. The van der Waals surface area contributed by atoms with Crippen molar-refractivity contribution in [3.63, 3.8) is 0 Å². The minimum absolute atomic E-state index is 0.0726. The second-order valence-electron chi connectivity index (χ2n) is 7.32. The van der Waals surface area contributed by atoms with E-state index in [-0.39, 0.29) is 11.7 Å². The summed E-state index contributed by atoms with van der Waals surface area (Å²) in [6, 6.07) is 19.3. The number of nitro groups is 1. The lowest BCUT2D eigenvalue weighted by Crippen LogP contribution is -2.18. The highest BCUT2D eigenvalue weighted by molar-refractivity contribution is 7.14. The monoisotopic (exact) mass is 446 g/mol. The highest BCUT2D eigenvalue weighted by atomic mass is 32.1. The van der Waals surface area contributed by atoms with Crippen molar-refractivity contribution in [1.29, 1.82) is 0 Å². The van der Waals surface area contributed by atoms with Crippen molar-refractivity contribution in [2.45, 2.75) is 19.4 Å². The van der Waals surface area contributed by atoms with E-state index in [0.29, 0.717) is 0 Å². The van der Waals surface area contributed by atoms with E-state index in [1.807, 2.05) is 16.5 Å². The molecule has 8 heteroatoms. The topological polar surface area (TPSA) is 71.6 Å². The molecule has 0 unspecified atom stereocenters. The normalized spacial score (nSPS) is 15.8. The first kappa shape index (κ1) is 19.6. The number of thiazole rings is 1. The number of nitrogens with zero attached hydrogens (tertiary/aromatic N) is 4. The summed E-state index contributed by atoms with van der Waals surface area (Å²) in [4.78, 5) is 16.5. The van der Waals surface area contributed by atoms with Crippen LogP contribution in [0.4, 0.5) is 10.8 Å². The van der Waals surface area contributed by atoms with Gasteiger partial charge in [-0.1, -0.05) is 35.9 Å². The number of rotatable bonds is 5. The standard InChI is InChI=1S/C23H18N4O2S2/c1-15-4-6-17(7-5-15)21-13-19(22-3-2-12-30-22)25-26(21)23-24-20(14-31-23)16-8-10-18(11-9-16)27(28)29/h2-12,14,21H,13H2,1H3/t21-/m0/s1. The van der Waals surface area contributed by atoms with Crippen molar-refractivity contribution < 1.29 is 4.92 Å². The summed E-state index contributed by atoms with van der Waals surface area (Å²) >= 11 is 3.22. The van der Waals surface area contributed by atoms with E-state index in [1.165, 1.54) is 39.5 Å². The number of anilines is 1. The van der Waals surface area contributed by atoms with Crippen LogP contribution in [0.5, 0.6) is 0 Å². The van der Waals surface area contributed by atoms with E-state index in [2.05, 4.69) is 42.6 Å². The third-order valence-corrected chi connectivity index (χ3v) is 6.99. The fraction of sp³-hybridized carbons (Fsp3) is 0.130. The molecule has 154 valence electrons. The summed E-state index contributed by atoms with van der Waals surface area (Å²) in [6.45, 7) is 2.08. The lowest BCUT2D eigenvalue weighted by molar-refractivity contribution is -0.384. The summed E-state index contributed by atoms with van der Waals surface area (Å²) in [5, 5.41) is 22.7. The number of benzene rings is 2. The number of non-ortho nitro benzene ring substituents is 1. The van der Waals surface area contributed by atoms with Gasteiger partial charge < -0.3 is 0 Å². The van der Waals surface area contributed by atoms with Gasteiger partial charge in [0.25, 0.3) is 5.69 Å². The van der Waals surface area contributed by atoms with E-state index in [0.717, 1.165) is 28.5 Å². The first-order valence-corrected chi connectivity index (χ1v) is 11.5. The molecule has 0 spiro atoms. The predicted molar refractivity (Wildman–Crippen MR) is 126 cm³/mol. The van der Waals surface area contributed by atoms with Gasteiger partial charge in [0.2, 0.25) is 5.13 Å². The van der Waals surface area contributed by atoms with Crippen LogP contribution in [0.15, 0.2) is 76.5 Å². The summed E-state index contributed by atoms with van der Waals surface area (Å²) in [7, 11) is 0. The molecule has 0 saturated carbocycles. The maximum absolute atomic E-state index is 10.9. The fourth-order valence-electron chi connectivity index (χ4n) is 3.58. The summed E-state index contributed by atoms with van der Waals surface area (Å²) < 4.78 is 0. The van der Waals surface area contributed by atoms with E-state index in [4.69, 9.17) is 10.1 Å². The van der Waals surface area contributed by atoms with Crippen molar-refractivity contribution in [3.05, 3.63) is 97.5 Å². The molecular weight excluding hydrogens is 428 g/mol. The van der Waals surface area contributed by atoms with Crippen LogP contribution in [-0.4, -0.2) is 15.6 Å². The van der Waals surface area contributed by atoms with Gasteiger partial charge in [0.15, 0.2) is 0 Å². The van der Waals surface area contributed by atoms with Crippen molar-refractivity contribution in [2.75, 3.05) is 5.01 Å². The number of hydrazone groups is 1. The summed E-state index contributed by atoms with van der Waals surface area (Å²) in [5.74, 6) is 0. The van der Waals surface area contributed by atoms with Crippen LogP contribution >= 0.6 is 22.7 Å². The Labute approximate surface area is 187 Å². The molecule has 1 atom stereocenters. The van der Waals surface area contributed by atoms with Crippen molar-refractivity contribution in [1.82, 2.24) is 4.98 Å². The van der Waals surface area contributed by atoms with Crippen LogP contribution in [0, 0.1) is 17.0 Å². The quantitative estimate of drug-likeness (QED) is 0.261. The minimum atomic E-state index is -0.395. The molecule has 31 heavy (non-hydrogen) atoms. The van der Waals surface area contributed by atoms with Gasteiger partial charge in [0.1, 0.15) is 0 Å². The van der Waals surface area contributed by atoms with Crippen LogP contribution in [0.25, 0.3) is 11.3 Å². The molecule has 4 aromatic rings. The molecular formula is C23H18N4O2S2. The molecule has 1 aliphatic heterocycles. The number of hydrogen-bond donors (Lipinski definition) is 0. The van der Waals surface area contributed by atoms with E-state index < -0.39 is 4.92 Å². The van der Waals surface area contributed by atoms with Gasteiger partial charge in [-0.3, -0.25) is 10.1 Å². The Morgan fingerprint density at radius 1 is 1.06 bits per heavy atom. The van der Waals surface area contributed by atoms with Crippen LogP contribution < -0.4 is 5.01 Å². The lowest BCUT2D eigenvalue weighted by atomic mass is 10.0. The molecule has 3 heterocycles. The second-order valence-corrected chi connectivity index (χ2v) is 9.10. The van der Waals surface area contributed by atoms with Gasteiger partial charge in [-0.25, -0.2) is 9.99 Å². The first-order valence-electron chi connectivity index (χ1n) is 9.76. The minimum Gasteiger partial charge on any atom is -0.258 e. The van der Waals surface area contributed by atoms with Gasteiger partial charge in [-0.2, -0.15) is 5.10 Å². The van der Waals surface area contributed by atoms with Crippen molar-refractivity contribution in [3.8, 4) is 11.3 Å². The zero-order chi connectivity index (χ0) is 21.4. The molecule has 2 aromatic heterocycles. The SMILES string of the molecule is Cc1ccc([C@@H]2CC(c3cccs3)=NN2c2nc(-c3ccc([N+](=O)[O-])cc3)cs2)cc1. The number of aromatic nitrogens is 1. The third-order valence-electron chi connectivity index (χ3n) is 5.24. The van der Waals surface area contributed by atoms with Crippen molar-refractivity contribution in [2.24, 2.45) is 5.10 Å². The Bertz CT molecular complexity index is 1250. The summed E-state index contributed by atoms with van der Waals surface area (Å²) in [5.41, 5.74) is 5.20. The Balaban J connectivity index is 1.49. The molecule has 0 bridgehead atoms. The molecule has 0 aliphatic carbocycles. The fourth-order valence-corrected chi connectivity index (χ4v) is 5.14. The Morgan fingerprint density at radius 3 is 2.52 bits per heavy atom. The molecule has 5 rings (SSSR count). The zero-order valence-electron chi connectivity index (χ0n) is 16.6. The van der Waals surface area contributed by atoms with Gasteiger partial charge in [0, 0.05) is 29.5 Å². The number of hydrogen-bond acceptors (Lipinski definition) is 7. The average Bonchev–Trinajstić information content (AvgIpc) is 3.54. The van der Waals surface area contributed by atoms with Crippen LogP contribution in [0.2, 0.25) is 0 Å². The van der Waals surface area contributed by atoms with Gasteiger partial charge in [0.05, 0.1) is 27.2 Å². The van der Waals surface area contributed by atoms with Crippen LogP contribution in [0.3, 0.4) is 0 Å². The van der Waals surface area contributed by atoms with E-state index >= 15 is 0 Å². The Hall–Kier alpha value is -3.36. The van der Waals surface area contributed by atoms with Crippen LogP contribution in [0.1, 0.15) is 28.5 Å². The highest BCUT2D eigenvalue weighted by Crippen LogP contribution is 2.40. The maximum Gasteiger partial charge on any atom is 0.269 e. The lowest BCUT2D eigenvalue weighted by Gasteiger charge is -2.21. The molecule has 0 saturated heterocycles. The Morgan fingerprint density at radius 2 is 1.84 bits per heavy atom. The molecule has 0 N–H and O–H groups in total. The Kier molecular flexibility index (Phi) is 5.09. The molecule has 1 aliphatic rings. The average molecular weight is 447 g/mol. The van der Waals surface area contributed by atoms with Crippen LogP contribution in [-0.2, 0) is 0 Å². The zero-order valence-corrected chi connectivity index (χ0v) is 18.3. The predicted octanol–water partition coefficient (Wildman–Crippen LogP) is 6.44. The molecule has 2 aromatic carbocycles. The smallest absolute Gasteiger partial charge is 0.258 e. The van der Waals surface area contributed by atoms with Gasteiger partial charge in [-0.05, 0) is 36.1 Å². The van der Waals surface area contributed by atoms with E-state index in [9.17, 15) is 10.1 Å². The number of nitro benzene ring substituents is 1. The highest BCUT2D eigenvalue weighted by Gasteiger charge is 2.32.